The molecule has 1 rings (SSSR count). The fourth-order valence-electron chi connectivity index (χ4n) is 1.45. The second kappa shape index (κ2) is 6.02. The van der Waals surface area contributed by atoms with Crippen molar-refractivity contribution < 1.29 is 0 Å². The molecule has 14 heavy (non-hydrogen) atoms. The van der Waals surface area contributed by atoms with Crippen LogP contribution in [0.25, 0.3) is 0 Å². The summed E-state index contributed by atoms with van der Waals surface area (Å²) in [6.45, 7) is 2.82. The van der Waals surface area contributed by atoms with Gasteiger partial charge in [0, 0.05) is 23.6 Å². The molecule has 0 aliphatic carbocycles. The molecule has 0 atom stereocenters. The second-order valence-electron chi connectivity index (χ2n) is 3.41. The lowest BCUT2D eigenvalue weighted by Crippen LogP contribution is -2.20. The van der Waals surface area contributed by atoms with Gasteiger partial charge in [-0.2, -0.15) is 0 Å². The van der Waals surface area contributed by atoms with Gasteiger partial charge in [-0.05, 0) is 25.8 Å². The number of halogens is 1. The third kappa shape index (κ3) is 3.29. The van der Waals surface area contributed by atoms with Gasteiger partial charge in [0.05, 0.1) is 0 Å². The summed E-state index contributed by atoms with van der Waals surface area (Å²) in [5.41, 5.74) is 1.17. The molecule has 0 bridgehead atoms. The number of unbranched alkanes of at least 4 members (excludes halogenated alkanes) is 2. The highest BCUT2D eigenvalue weighted by Crippen LogP contribution is 2.02. The molecule has 1 aromatic heterocycles. The molecule has 0 aliphatic heterocycles. The van der Waals surface area contributed by atoms with Crippen LogP contribution >= 0.6 is 15.9 Å². The van der Waals surface area contributed by atoms with Crippen molar-refractivity contribution in [3.8, 4) is 0 Å². The van der Waals surface area contributed by atoms with Crippen LogP contribution in [-0.4, -0.2) is 9.90 Å². The number of alkyl halides is 1. The van der Waals surface area contributed by atoms with Gasteiger partial charge in [-0.25, -0.2) is 0 Å². The maximum absolute atomic E-state index is 11.5. The Balaban J connectivity index is 2.54. The van der Waals surface area contributed by atoms with Crippen LogP contribution in [0.2, 0.25) is 0 Å². The minimum absolute atomic E-state index is 0.115. The first kappa shape index (κ1) is 11.5. The number of hydrogen-bond acceptors (Lipinski definition) is 1. The fourth-order valence-corrected chi connectivity index (χ4v) is 1.85. The van der Waals surface area contributed by atoms with Gasteiger partial charge in [0.25, 0.3) is 5.56 Å². The summed E-state index contributed by atoms with van der Waals surface area (Å²) in [5.74, 6) is 0. The summed E-state index contributed by atoms with van der Waals surface area (Å²) in [6.07, 6.45) is 3.43. The van der Waals surface area contributed by atoms with Gasteiger partial charge in [-0.3, -0.25) is 4.79 Å². The lowest BCUT2D eigenvalue weighted by atomic mass is 10.2. The van der Waals surface area contributed by atoms with Crippen molar-refractivity contribution in [2.24, 2.45) is 0 Å². The molecule has 78 valence electrons. The Bertz CT molecular complexity index is 332. The van der Waals surface area contributed by atoms with Gasteiger partial charge in [0.15, 0.2) is 0 Å². The van der Waals surface area contributed by atoms with Crippen LogP contribution in [0.5, 0.6) is 0 Å². The minimum Gasteiger partial charge on any atom is -0.313 e. The van der Waals surface area contributed by atoms with Gasteiger partial charge >= 0.3 is 0 Å². The van der Waals surface area contributed by atoms with Gasteiger partial charge in [0.2, 0.25) is 0 Å². The molecule has 1 heterocycles. The molecule has 0 amide bonds. The third-order valence-electron chi connectivity index (χ3n) is 2.28. The highest BCUT2D eigenvalue weighted by Gasteiger charge is 1.97. The van der Waals surface area contributed by atoms with Crippen LogP contribution in [0.1, 0.15) is 25.0 Å². The molecule has 0 radical (unpaired) electrons. The monoisotopic (exact) mass is 257 g/mol. The maximum Gasteiger partial charge on any atom is 0.250 e. The lowest BCUT2D eigenvalue weighted by molar-refractivity contribution is 0.578. The van der Waals surface area contributed by atoms with E-state index in [1.54, 1.807) is 6.07 Å². The first-order valence-electron chi connectivity index (χ1n) is 4.98. The summed E-state index contributed by atoms with van der Waals surface area (Å²) in [4.78, 5) is 11.5. The first-order valence-corrected chi connectivity index (χ1v) is 6.10. The highest BCUT2D eigenvalue weighted by molar-refractivity contribution is 9.09. The van der Waals surface area contributed by atoms with Crippen LogP contribution in [-0.2, 0) is 6.54 Å². The molecule has 0 saturated heterocycles. The van der Waals surface area contributed by atoms with E-state index in [1.165, 1.54) is 12.8 Å². The van der Waals surface area contributed by atoms with E-state index in [-0.39, 0.29) is 5.56 Å². The molecular weight excluding hydrogens is 242 g/mol. The largest absolute Gasteiger partial charge is 0.313 e. The Morgan fingerprint density at radius 3 is 2.71 bits per heavy atom. The lowest BCUT2D eigenvalue weighted by Gasteiger charge is -2.08. The van der Waals surface area contributed by atoms with Crippen LogP contribution < -0.4 is 5.56 Å². The number of aromatic nitrogens is 1. The van der Waals surface area contributed by atoms with Crippen molar-refractivity contribution in [1.29, 1.82) is 0 Å². The number of pyridine rings is 1. The summed E-state index contributed by atoms with van der Waals surface area (Å²) in [5, 5.41) is 1.05. The Morgan fingerprint density at radius 1 is 1.29 bits per heavy atom. The molecule has 0 fully saturated rings. The zero-order valence-corrected chi connectivity index (χ0v) is 10.1. The van der Waals surface area contributed by atoms with Crippen molar-refractivity contribution in [3.63, 3.8) is 0 Å². The van der Waals surface area contributed by atoms with Crippen LogP contribution in [0, 0.1) is 6.92 Å². The number of hydrogen-bond donors (Lipinski definition) is 0. The maximum atomic E-state index is 11.5. The highest BCUT2D eigenvalue weighted by atomic mass is 79.9. The number of nitrogens with zero attached hydrogens (tertiary/aromatic N) is 1. The van der Waals surface area contributed by atoms with Crippen LogP contribution in [0.4, 0.5) is 0 Å². The van der Waals surface area contributed by atoms with Gasteiger partial charge in [-0.1, -0.05) is 28.4 Å². The predicted molar refractivity (Wildman–Crippen MR) is 63.1 cm³/mol. The Hall–Kier alpha value is -0.570. The SMILES string of the molecule is Cc1cccc(=O)n1CCCCCBr. The quantitative estimate of drug-likeness (QED) is 0.588. The molecule has 0 N–H and O–H groups in total. The summed E-state index contributed by atoms with van der Waals surface area (Å²) in [6, 6.07) is 5.41. The van der Waals surface area contributed by atoms with Crippen LogP contribution in [0.3, 0.4) is 0 Å². The van der Waals surface area contributed by atoms with E-state index < -0.39 is 0 Å². The average Bonchev–Trinajstić information content (AvgIpc) is 2.16. The van der Waals surface area contributed by atoms with E-state index in [9.17, 15) is 4.79 Å². The molecule has 1 aromatic rings. The van der Waals surface area contributed by atoms with Crippen molar-refractivity contribution in [2.75, 3.05) is 5.33 Å². The summed E-state index contributed by atoms with van der Waals surface area (Å²) in [7, 11) is 0. The standard InChI is InChI=1S/C11H16BrNO/c1-10-6-5-7-11(14)13(10)9-4-2-3-8-12/h5-7H,2-4,8-9H2,1H3. The molecule has 0 aliphatic rings. The normalized spacial score (nSPS) is 10.4. The zero-order valence-electron chi connectivity index (χ0n) is 8.50. The number of aryl methyl sites for hydroxylation is 1. The first-order chi connectivity index (χ1) is 6.75. The second-order valence-corrected chi connectivity index (χ2v) is 4.20. The fraction of sp³-hybridized carbons (Fsp3) is 0.545. The van der Waals surface area contributed by atoms with E-state index >= 15 is 0 Å². The molecule has 0 unspecified atom stereocenters. The molecule has 0 aromatic carbocycles. The van der Waals surface area contributed by atoms with E-state index in [0.29, 0.717) is 0 Å². The Morgan fingerprint density at radius 2 is 2.07 bits per heavy atom. The molecule has 0 spiro atoms. The van der Waals surface area contributed by atoms with Crippen molar-refractivity contribution in [2.45, 2.75) is 32.7 Å². The average molecular weight is 258 g/mol. The molecular formula is C11H16BrNO. The predicted octanol–water partition coefficient (Wildman–Crippen LogP) is 2.72. The van der Waals surface area contributed by atoms with Gasteiger partial charge in [-0.15, -0.1) is 0 Å². The van der Waals surface area contributed by atoms with E-state index in [1.807, 2.05) is 23.6 Å². The minimum atomic E-state index is 0.115. The molecule has 3 heteroatoms. The Kier molecular flexibility index (Phi) is 4.94. The topological polar surface area (TPSA) is 22.0 Å². The van der Waals surface area contributed by atoms with Crippen molar-refractivity contribution in [1.82, 2.24) is 4.57 Å². The van der Waals surface area contributed by atoms with E-state index in [4.69, 9.17) is 0 Å². The van der Waals surface area contributed by atoms with Gasteiger partial charge < -0.3 is 4.57 Å². The molecule has 2 nitrogen and oxygen atoms in total. The van der Waals surface area contributed by atoms with Crippen molar-refractivity contribution in [3.05, 3.63) is 34.2 Å². The summed E-state index contributed by atoms with van der Waals surface area (Å²) < 4.78 is 1.84. The smallest absolute Gasteiger partial charge is 0.250 e. The van der Waals surface area contributed by atoms with E-state index in [2.05, 4.69) is 15.9 Å². The van der Waals surface area contributed by atoms with Crippen LogP contribution in [0.15, 0.2) is 23.0 Å². The third-order valence-corrected chi connectivity index (χ3v) is 2.84. The molecule has 0 saturated carbocycles. The number of rotatable bonds is 5. The Labute approximate surface area is 93.1 Å². The zero-order chi connectivity index (χ0) is 10.4. The van der Waals surface area contributed by atoms with Gasteiger partial charge in [0.1, 0.15) is 0 Å². The summed E-state index contributed by atoms with van der Waals surface area (Å²) >= 11 is 3.40. The van der Waals surface area contributed by atoms with Crippen molar-refractivity contribution >= 4 is 15.9 Å². The van der Waals surface area contributed by atoms with E-state index in [0.717, 1.165) is 24.0 Å².